The smallest absolute Gasteiger partial charge is 0.0695 e. The Labute approximate surface area is 111 Å². The highest BCUT2D eigenvalue weighted by Crippen LogP contribution is 2.40. The van der Waals surface area contributed by atoms with Crippen molar-refractivity contribution in [2.75, 3.05) is 19.3 Å². The van der Waals surface area contributed by atoms with E-state index in [1.54, 1.807) is 0 Å². The zero-order valence-corrected chi connectivity index (χ0v) is 12.0. The van der Waals surface area contributed by atoms with Gasteiger partial charge in [-0.05, 0) is 43.9 Å². The predicted molar refractivity (Wildman–Crippen MR) is 75.6 cm³/mol. The van der Waals surface area contributed by atoms with Crippen molar-refractivity contribution in [3.05, 3.63) is 0 Å². The fraction of sp³-hybridized carbons (Fsp3) is 1.00. The van der Waals surface area contributed by atoms with Gasteiger partial charge >= 0.3 is 0 Å². The Morgan fingerprint density at radius 3 is 2.41 bits per heavy atom. The highest BCUT2D eigenvalue weighted by atomic mass is 32.1. The van der Waals surface area contributed by atoms with Crippen molar-refractivity contribution in [3.8, 4) is 0 Å². The van der Waals surface area contributed by atoms with Gasteiger partial charge in [-0.25, -0.2) is 0 Å². The van der Waals surface area contributed by atoms with E-state index in [-0.39, 0.29) is 6.10 Å². The zero-order valence-electron chi connectivity index (χ0n) is 11.1. The van der Waals surface area contributed by atoms with E-state index >= 15 is 0 Å². The van der Waals surface area contributed by atoms with Crippen LogP contribution in [0.25, 0.3) is 0 Å². The Hall–Kier alpha value is 0.270. The van der Waals surface area contributed by atoms with Crippen LogP contribution in [0.4, 0.5) is 0 Å². The van der Waals surface area contributed by atoms with Crippen LogP contribution in [0.2, 0.25) is 0 Å². The molecular formula is C14H27NOS. The molecule has 0 aromatic heterocycles. The number of thiol groups is 1. The lowest BCUT2D eigenvalue weighted by Crippen LogP contribution is -2.47. The first-order chi connectivity index (χ1) is 8.17. The van der Waals surface area contributed by atoms with Gasteiger partial charge in [0.25, 0.3) is 0 Å². The predicted octanol–water partition coefficient (Wildman–Crippen LogP) is 2.71. The van der Waals surface area contributed by atoms with E-state index in [0.29, 0.717) is 11.5 Å². The van der Waals surface area contributed by atoms with E-state index in [9.17, 15) is 5.11 Å². The highest BCUT2D eigenvalue weighted by molar-refractivity contribution is 7.80. The van der Waals surface area contributed by atoms with Crippen molar-refractivity contribution < 1.29 is 5.11 Å². The summed E-state index contributed by atoms with van der Waals surface area (Å²) in [6.45, 7) is 1.12. The Balaban J connectivity index is 1.92. The van der Waals surface area contributed by atoms with Gasteiger partial charge in [0.2, 0.25) is 0 Å². The van der Waals surface area contributed by atoms with Gasteiger partial charge in [-0.1, -0.05) is 25.7 Å². The lowest BCUT2D eigenvalue weighted by Gasteiger charge is -2.40. The lowest BCUT2D eigenvalue weighted by molar-refractivity contribution is 0.0162. The second kappa shape index (κ2) is 5.94. The molecule has 2 rings (SSSR count). The van der Waals surface area contributed by atoms with Crippen molar-refractivity contribution in [2.24, 2.45) is 5.41 Å². The molecule has 2 aliphatic rings. The molecule has 0 aromatic rings. The summed E-state index contributed by atoms with van der Waals surface area (Å²) >= 11 is 4.57. The lowest BCUT2D eigenvalue weighted by atomic mass is 9.85. The van der Waals surface area contributed by atoms with Gasteiger partial charge in [-0.3, -0.25) is 0 Å². The maximum absolute atomic E-state index is 10.1. The molecule has 0 aromatic carbocycles. The van der Waals surface area contributed by atoms with E-state index < -0.39 is 0 Å². The summed E-state index contributed by atoms with van der Waals surface area (Å²) < 4.78 is 0. The van der Waals surface area contributed by atoms with Crippen LogP contribution in [-0.2, 0) is 0 Å². The first-order valence-corrected chi connectivity index (χ1v) is 7.79. The summed E-state index contributed by atoms with van der Waals surface area (Å²) in [5.74, 6) is 1.00. The number of aliphatic hydroxyl groups is 1. The molecule has 2 aliphatic carbocycles. The Morgan fingerprint density at radius 1 is 1.18 bits per heavy atom. The first-order valence-electron chi connectivity index (χ1n) is 7.16. The fourth-order valence-electron chi connectivity index (χ4n) is 3.74. The average molecular weight is 257 g/mol. The largest absolute Gasteiger partial charge is 0.391 e. The standard InChI is InChI=1S/C14H27NOS/c1-15(12-6-2-3-7-13(12)16)10-14(11-17)8-4-5-9-14/h12-13,16-17H,2-11H2,1H3. The highest BCUT2D eigenvalue weighted by Gasteiger charge is 2.36. The van der Waals surface area contributed by atoms with Gasteiger partial charge in [0.15, 0.2) is 0 Å². The number of hydrogen-bond acceptors (Lipinski definition) is 3. The summed E-state index contributed by atoms with van der Waals surface area (Å²) in [5.41, 5.74) is 0.426. The molecule has 100 valence electrons. The second-order valence-corrected chi connectivity index (χ2v) is 6.52. The molecule has 2 saturated carbocycles. The molecule has 3 heteroatoms. The van der Waals surface area contributed by atoms with Gasteiger partial charge in [0, 0.05) is 12.6 Å². The summed E-state index contributed by atoms with van der Waals surface area (Å²) in [6, 6.07) is 0.390. The average Bonchev–Trinajstić information content (AvgIpc) is 2.79. The summed E-state index contributed by atoms with van der Waals surface area (Å²) in [7, 11) is 2.20. The van der Waals surface area contributed by atoms with Crippen LogP contribution in [0.3, 0.4) is 0 Å². The van der Waals surface area contributed by atoms with Crippen LogP contribution < -0.4 is 0 Å². The fourth-order valence-corrected chi connectivity index (χ4v) is 4.16. The molecule has 0 saturated heterocycles. The molecular weight excluding hydrogens is 230 g/mol. The minimum atomic E-state index is -0.105. The SMILES string of the molecule is CN(CC1(CS)CCCC1)C1CCCCC1O. The van der Waals surface area contributed by atoms with Gasteiger partial charge in [0.05, 0.1) is 6.10 Å². The van der Waals surface area contributed by atoms with Gasteiger partial charge in [0.1, 0.15) is 0 Å². The monoisotopic (exact) mass is 257 g/mol. The van der Waals surface area contributed by atoms with Gasteiger partial charge < -0.3 is 10.0 Å². The van der Waals surface area contributed by atoms with E-state index in [4.69, 9.17) is 0 Å². The van der Waals surface area contributed by atoms with Gasteiger partial charge in [-0.15, -0.1) is 0 Å². The molecule has 0 radical (unpaired) electrons. The topological polar surface area (TPSA) is 23.5 Å². The maximum Gasteiger partial charge on any atom is 0.0695 e. The number of aliphatic hydroxyl groups excluding tert-OH is 1. The van der Waals surface area contributed by atoms with E-state index in [1.807, 2.05) is 0 Å². The summed E-state index contributed by atoms with van der Waals surface area (Å²) in [4.78, 5) is 2.42. The number of nitrogens with zero attached hydrogens (tertiary/aromatic N) is 1. The number of hydrogen-bond donors (Lipinski definition) is 2. The molecule has 0 bridgehead atoms. The Morgan fingerprint density at radius 2 is 1.82 bits per heavy atom. The quantitative estimate of drug-likeness (QED) is 0.757. The van der Waals surface area contributed by atoms with Gasteiger partial charge in [-0.2, -0.15) is 12.6 Å². The third-order valence-corrected chi connectivity index (χ3v) is 5.52. The zero-order chi connectivity index (χ0) is 12.3. The molecule has 17 heavy (non-hydrogen) atoms. The molecule has 2 fully saturated rings. The minimum absolute atomic E-state index is 0.105. The molecule has 0 heterocycles. The molecule has 1 N–H and O–H groups in total. The van der Waals surface area contributed by atoms with Crippen LogP contribution in [0.15, 0.2) is 0 Å². The molecule has 0 aliphatic heterocycles. The van der Waals surface area contributed by atoms with Crippen LogP contribution in [0.5, 0.6) is 0 Å². The van der Waals surface area contributed by atoms with Crippen LogP contribution >= 0.6 is 12.6 Å². The van der Waals surface area contributed by atoms with Crippen molar-refractivity contribution >= 4 is 12.6 Å². The Bertz CT molecular complexity index is 240. The number of rotatable bonds is 4. The van der Waals surface area contributed by atoms with Crippen molar-refractivity contribution in [1.29, 1.82) is 0 Å². The van der Waals surface area contributed by atoms with Crippen molar-refractivity contribution in [3.63, 3.8) is 0 Å². The van der Waals surface area contributed by atoms with Crippen molar-refractivity contribution in [1.82, 2.24) is 4.90 Å². The summed E-state index contributed by atoms with van der Waals surface area (Å²) in [5, 5.41) is 10.1. The molecule has 2 nitrogen and oxygen atoms in total. The second-order valence-electron chi connectivity index (χ2n) is 6.20. The van der Waals surface area contributed by atoms with E-state index in [1.165, 1.54) is 44.9 Å². The minimum Gasteiger partial charge on any atom is -0.391 e. The normalized spacial score (nSPS) is 33.2. The molecule has 0 spiro atoms. The molecule has 2 atom stereocenters. The van der Waals surface area contributed by atoms with Crippen LogP contribution in [-0.4, -0.2) is 41.5 Å². The molecule has 2 unspecified atom stereocenters. The van der Waals surface area contributed by atoms with Crippen molar-refractivity contribution in [2.45, 2.75) is 63.5 Å². The first kappa shape index (κ1) is 13.7. The number of likely N-dealkylation sites (N-methyl/N-ethyl adjacent to an activating group) is 1. The van der Waals surface area contributed by atoms with E-state index in [2.05, 4.69) is 24.6 Å². The van der Waals surface area contributed by atoms with Crippen LogP contribution in [0, 0.1) is 5.41 Å². The molecule has 0 amide bonds. The van der Waals surface area contributed by atoms with Crippen LogP contribution in [0.1, 0.15) is 51.4 Å². The summed E-state index contributed by atoms with van der Waals surface area (Å²) in [6.07, 6.45) is 9.90. The third kappa shape index (κ3) is 3.18. The Kier molecular flexibility index (Phi) is 4.79. The van der Waals surface area contributed by atoms with E-state index in [0.717, 1.165) is 18.7 Å². The maximum atomic E-state index is 10.1. The third-order valence-electron chi connectivity index (χ3n) is 4.84.